The van der Waals surface area contributed by atoms with Gasteiger partial charge < -0.3 is 168 Å². The van der Waals surface area contributed by atoms with Crippen molar-refractivity contribution in [2.24, 2.45) is 51.6 Å². The summed E-state index contributed by atoms with van der Waals surface area (Å²) in [5.41, 5.74) is 49.3. The molecule has 1 aromatic carbocycles. The van der Waals surface area contributed by atoms with E-state index in [-0.39, 0.29) is 12.2 Å². The summed E-state index contributed by atoms with van der Waals surface area (Å²) in [6.45, 7) is -3.50. The number of guanidine groups is 8. The van der Waals surface area contributed by atoms with Crippen molar-refractivity contribution in [3.05, 3.63) is 29.8 Å². The van der Waals surface area contributed by atoms with Gasteiger partial charge in [-0.25, -0.2) is 0 Å². The molecule has 0 bridgehead atoms. The molecule has 0 aliphatic rings. The summed E-state index contributed by atoms with van der Waals surface area (Å²) in [6, 6.07) is -12.9. The molecule has 53 heteroatoms. The number of nitrogens with one attached hydrogen (secondary N) is 29. The second-order valence-corrected chi connectivity index (χ2v) is 22.4. The van der Waals surface area contributed by atoms with Crippen LogP contribution < -0.4 is 163 Å². The van der Waals surface area contributed by atoms with Gasteiger partial charge in [0.1, 0.15) is 72.2 Å². The van der Waals surface area contributed by atoms with E-state index in [1.165, 1.54) is 24.3 Å². The van der Waals surface area contributed by atoms with Crippen molar-refractivity contribution >= 4 is 130 Å². The molecule has 0 heterocycles. The monoisotopic (exact) mass is 1500 g/mol. The summed E-state index contributed by atoms with van der Waals surface area (Å²) in [4.78, 5) is 187. The molecule has 1 aromatic rings. The quantitative estimate of drug-likeness (QED) is 0.0213. The van der Waals surface area contributed by atoms with Gasteiger partial charge in [0.2, 0.25) is 82.7 Å². The Bertz CT molecular complexity index is 3430. The molecule has 0 fully saturated rings. The fourth-order valence-electron chi connectivity index (χ4n) is 8.20. The van der Waals surface area contributed by atoms with Crippen molar-refractivity contribution in [3.8, 4) is 5.75 Å². The van der Waals surface area contributed by atoms with Gasteiger partial charge in [-0.2, -0.15) is 0 Å². The Hall–Kier alpha value is -14.2. The zero-order valence-electron chi connectivity index (χ0n) is 57.3. The molecular weight excluding hydrogens is 1410 g/mol. The van der Waals surface area contributed by atoms with Crippen molar-refractivity contribution in [2.75, 3.05) is 65.4 Å². The molecule has 0 spiro atoms. The lowest BCUT2D eigenvalue weighted by Gasteiger charge is -2.27. The Kier molecular flexibility index (Phi) is 38.5. The Morgan fingerprint density at radius 2 is 0.547 bits per heavy atom. The van der Waals surface area contributed by atoms with Gasteiger partial charge >= 0.3 is 0 Å². The predicted octanol–water partition coefficient (Wildman–Crippen LogP) is -19.1. The van der Waals surface area contributed by atoms with Crippen LogP contribution >= 0.6 is 0 Å². The number of amides is 14. The molecule has 53 nitrogen and oxygen atoms in total. The molecule has 0 aromatic heterocycles. The van der Waals surface area contributed by atoms with Crippen molar-refractivity contribution in [1.29, 1.82) is 43.3 Å². The molecule has 11 atom stereocenters. The van der Waals surface area contributed by atoms with Gasteiger partial charge in [-0.1, -0.05) is 12.1 Å². The van der Waals surface area contributed by atoms with Crippen LogP contribution in [0.3, 0.4) is 0 Å². The summed E-state index contributed by atoms with van der Waals surface area (Å²) >= 11 is 0. The molecule has 0 radical (unpaired) electrons. The van der Waals surface area contributed by atoms with Crippen molar-refractivity contribution in [2.45, 2.75) is 93.7 Å². The summed E-state index contributed by atoms with van der Waals surface area (Å²) in [6.07, 6.45) is -0.0392. The first-order valence-corrected chi connectivity index (χ1v) is 31.0. The van der Waals surface area contributed by atoms with Crippen LogP contribution in [-0.4, -0.2) is 267 Å². The molecular formula is C53H94N38O15. The van der Waals surface area contributed by atoms with Crippen LogP contribution in [0.15, 0.2) is 24.3 Å². The second-order valence-electron chi connectivity index (χ2n) is 22.4. The molecule has 0 aliphatic heterocycles. The normalized spacial score (nSPS) is 13.5. The number of nitrogens with two attached hydrogens (primary N) is 9. The number of hydrogen-bond donors (Lipinski definition) is 39. The first-order chi connectivity index (χ1) is 49.5. The fourth-order valence-corrected chi connectivity index (χ4v) is 8.20. The highest BCUT2D eigenvalue weighted by Gasteiger charge is 2.36. The molecule has 48 N–H and O–H groups in total. The summed E-state index contributed by atoms with van der Waals surface area (Å²) < 4.78 is 0. The van der Waals surface area contributed by atoms with Gasteiger partial charge in [0.25, 0.3) is 0 Å². The lowest BCUT2D eigenvalue weighted by molar-refractivity contribution is -0.135. The molecule has 0 saturated heterocycles. The SMILES string of the molecule is CC(=O)N[C@@H](Cc1ccc(O)cc1)C(=O)NCC(=O)NCC(=O)N[C@@H](CNC(=N)N)C(=O)N[C@@H](CNC(=N)N)C(=O)N[C@@H](CNC(=N)N)C(=O)N[C@@H](C)C(=O)N[C@@H](CNC(=N)N)C(=O)N[C@@H](CNC(=N)N)C(=O)N[C@@H](C)C(=O)N[C@@H](CNC(=N)N)C(=O)N[C@@H](CNC(=N)N)C(=O)N[C@@H](CNC(=N)N)C(N)=O. The summed E-state index contributed by atoms with van der Waals surface area (Å²) in [7, 11) is 0. The third-order valence-electron chi connectivity index (χ3n) is 13.5. The molecule has 106 heavy (non-hydrogen) atoms. The van der Waals surface area contributed by atoms with E-state index in [1.807, 2.05) is 0 Å². The Labute approximate surface area is 602 Å². The minimum absolute atomic E-state index is 0.0392. The van der Waals surface area contributed by atoms with Crippen LogP contribution in [0.25, 0.3) is 0 Å². The van der Waals surface area contributed by atoms with Gasteiger partial charge in [0.15, 0.2) is 47.7 Å². The van der Waals surface area contributed by atoms with Crippen molar-refractivity contribution < 1.29 is 72.2 Å². The Balaban J connectivity index is 3.42. The van der Waals surface area contributed by atoms with E-state index in [4.69, 9.17) is 94.9 Å². The smallest absolute Gasteiger partial charge is 0.245 e. The number of primary amides is 1. The highest BCUT2D eigenvalue weighted by molar-refractivity contribution is 6.01. The minimum Gasteiger partial charge on any atom is -0.508 e. The Morgan fingerprint density at radius 1 is 0.302 bits per heavy atom. The van der Waals surface area contributed by atoms with Crippen LogP contribution in [0.4, 0.5) is 0 Å². The number of benzene rings is 1. The van der Waals surface area contributed by atoms with Gasteiger partial charge in [-0.3, -0.25) is 110 Å². The molecule has 0 saturated carbocycles. The number of phenols is 1. The van der Waals surface area contributed by atoms with E-state index in [1.54, 1.807) is 0 Å². The number of carbonyl (C=O) groups excluding carboxylic acids is 14. The highest BCUT2D eigenvalue weighted by atomic mass is 16.3. The average molecular weight is 1500 g/mol. The zero-order valence-corrected chi connectivity index (χ0v) is 57.3. The van der Waals surface area contributed by atoms with Crippen LogP contribution in [0, 0.1) is 43.3 Å². The molecule has 14 amide bonds. The number of carbonyl (C=O) groups is 14. The lowest BCUT2D eigenvalue weighted by Crippen LogP contribution is -2.64. The number of phenolic OH excluding ortho intramolecular Hbond substituents is 1. The van der Waals surface area contributed by atoms with E-state index < -0.39 is 262 Å². The molecule has 0 unspecified atom stereocenters. The van der Waals surface area contributed by atoms with E-state index in [0.717, 1.165) is 20.8 Å². The van der Waals surface area contributed by atoms with Gasteiger partial charge in [0.05, 0.1) is 13.1 Å². The second kappa shape index (κ2) is 45.5. The highest BCUT2D eigenvalue weighted by Crippen LogP contribution is 2.12. The van der Waals surface area contributed by atoms with E-state index in [0.29, 0.717) is 5.56 Å². The van der Waals surface area contributed by atoms with Crippen molar-refractivity contribution in [1.82, 2.24) is 112 Å². The summed E-state index contributed by atoms with van der Waals surface area (Å²) in [5.74, 6) is -21.0. The average Bonchev–Trinajstić information content (AvgIpc) is 0.810. The van der Waals surface area contributed by atoms with Gasteiger partial charge in [0, 0.05) is 65.7 Å². The fraction of sp³-hybridized carbons (Fsp3) is 0.472. The summed E-state index contributed by atoms with van der Waals surface area (Å²) in [5, 5.41) is 118. The van der Waals surface area contributed by atoms with E-state index in [2.05, 4.69) is 112 Å². The lowest BCUT2D eigenvalue weighted by atomic mass is 10.0. The third kappa shape index (κ3) is 37.3. The standard InChI is InChI=1S/C53H94N38O15/c1-19(82-40(101)28(12-76-49(61)62)89-45(106)32(16-80-53(69)70)90-41(102)26(10-74-47(57)58)84-34(95)18-71-33(94)17-72-38(99)24(83-21(3)92)8-22-4-6-23(93)7-5-22)36(97)86-29(13-77-50(63)64)43(104)88-27(11-75-48(59)60)39(100)81-20(2)37(98)87-30(14-78-51(65)66)44(105)91-31(15-79-52(67)68)42(103)85-25(35(54)96)9-73-46(55)56/h4-7,19-20,24-32,93H,8-18H2,1-3H3,(H2,54,96)(H,71,94)(H,72,99)(H,81,100)(H,82,101)(H,83,92)(H,84,95)(H,85,103)(H,86,97)(H,87,98)(H,88,104)(H,89,106)(H,90,102)(H,91,105)(H4,55,56,73)(H4,57,58,74)(H4,59,60,75)(H4,61,62,76)(H4,63,64,77)(H4,65,66,78)(H4,67,68,79)(H4,69,70,80)/t19-,20-,24-,25-,26-,27-,28-,29-,30-,31-,32-/m0/s1. The molecule has 586 valence electrons. The first-order valence-electron chi connectivity index (χ1n) is 31.0. The van der Waals surface area contributed by atoms with Gasteiger partial charge in [-0.05, 0) is 31.5 Å². The third-order valence-corrected chi connectivity index (χ3v) is 13.5. The number of aromatic hydroxyl groups is 1. The van der Waals surface area contributed by atoms with Crippen LogP contribution in [0.1, 0.15) is 26.3 Å². The largest absolute Gasteiger partial charge is 0.508 e. The van der Waals surface area contributed by atoms with Crippen molar-refractivity contribution in [3.63, 3.8) is 0 Å². The first kappa shape index (κ1) is 89.8. The number of rotatable bonds is 44. The zero-order chi connectivity index (χ0) is 80.7. The Morgan fingerprint density at radius 3 is 0.821 bits per heavy atom. The van der Waals surface area contributed by atoms with Gasteiger partial charge in [-0.15, -0.1) is 0 Å². The maximum Gasteiger partial charge on any atom is 0.245 e. The topological polar surface area (TPSA) is 937 Å². The minimum atomic E-state index is -1.85. The maximum absolute atomic E-state index is 14.1. The van der Waals surface area contributed by atoms with Crippen LogP contribution in [0.5, 0.6) is 5.75 Å². The van der Waals surface area contributed by atoms with E-state index in [9.17, 15) is 72.2 Å². The maximum atomic E-state index is 14.1. The molecule has 0 aliphatic carbocycles. The van der Waals surface area contributed by atoms with E-state index >= 15 is 0 Å². The van der Waals surface area contributed by atoms with Crippen LogP contribution in [0.2, 0.25) is 0 Å². The predicted molar refractivity (Wildman–Crippen MR) is 375 cm³/mol. The molecule has 1 rings (SSSR count). The number of hydrogen-bond acceptors (Lipinski definition) is 23. The van der Waals surface area contributed by atoms with Crippen LogP contribution in [-0.2, 0) is 73.5 Å².